The highest BCUT2D eigenvalue weighted by atomic mass is 16.5. The molecule has 1 saturated heterocycles. The third-order valence-electron chi connectivity index (χ3n) is 3.08. The number of nitrogens with zero attached hydrogens (tertiary/aromatic N) is 1. The van der Waals surface area contributed by atoms with Gasteiger partial charge < -0.3 is 25.0 Å². The Morgan fingerprint density at radius 1 is 1.17 bits per heavy atom. The van der Waals surface area contributed by atoms with Crippen molar-refractivity contribution in [2.45, 2.75) is 19.0 Å². The topological polar surface area (TPSA) is 62.8 Å². The molecule has 0 saturated carbocycles. The lowest BCUT2D eigenvalue weighted by atomic mass is 10.1. The summed E-state index contributed by atoms with van der Waals surface area (Å²) in [4.78, 5) is 14.1. The molecule has 2 atom stereocenters. The lowest BCUT2D eigenvalue weighted by Crippen LogP contribution is -2.60. The molecule has 6 nitrogen and oxygen atoms in total. The molecule has 6 heteroatoms. The highest BCUT2D eigenvalue weighted by Crippen LogP contribution is 2.00. The monoisotopic (exact) mass is 259 g/mol. The third kappa shape index (κ3) is 4.89. The molecule has 1 aliphatic rings. The van der Waals surface area contributed by atoms with Crippen molar-refractivity contribution in [2.24, 2.45) is 0 Å². The standard InChI is InChI=1S/C12H25N3O3/c1-10-8-14-11(9-13-10)12(16)15(4-6-17-2)5-7-18-3/h10-11,13-14H,4-9H2,1-3H3. The van der Waals surface area contributed by atoms with Gasteiger partial charge in [0, 0.05) is 46.4 Å². The maximum Gasteiger partial charge on any atom is 0.241 e. The Labute approximate surface area is 109 Å². The van der Waals surface area contributed by atoms with Gasteiger partial charge in [-0.25, -0.2) is 0 Å². The first-order valence-electron chi connectivity index (χ1n) is 6.42. The molecule has 18 heavy (non-hydrogen) atoms. The Morgan fingerprint density at radius 3 is 2.22 bits per heavy atom. The fourth-order valence-corrected chi connectivity index (χ4v) is 1.91. The Morgan fingerprint density at radius 2 is 1.78 bits per heavy atom. The summed E-state index contributed by atoms with van der Waals surface area (Å²) in [5.74, 6) is 0.114. The van der Waals surface area contributed by atoms with E-state index >= 15 is 0 Å². The second-order valence-corrected chi connectivity index (χ2v) is 4.58. The van der Waals surface area contributed by atoms with E-state index in [9.17, 15) is 4.79 Å². The van der Waals surface area contributed by atoms with Crippen LogP contribution in [0.2, 0.25) is 0 Å². The molecule has 1 fully saturated rings. The highest BCUT2D eigenvalue weighted by molar-refractivity contribution is 5.82. The number of rotatable bonds is 7. The number of ether oxygens (including phenoxy) is 2. The Bertz CT molecular complexity index is 235. The van der Waals surface area contributed by atoms with Gasteiger partial charge in [0.05, 0.1) is 19.3 Å². The van der Waals surface area contributed by atoms with Gasteiger partial charge in [0.1, 0.15) is 0 Å². The van der Waals surface area contributed by atoms with Crippen LogP contribution in [0, 0.1) is 0 Å². The van der Waals surface area contributed by atoms with Gasteiger partial charge in [-0.2, -0.15) is 0 Å². The van der Waals surface area contributed by atoms with Crippen molar-refractivity contribution in [1.82, 2.24) is 15.5 Å². The van der Waals surface area contributed by atoms with Crippen LogP contribution >= 0.6 is 0 Å². The van der Waals surface area contributed by atoms with E-state index in [4.69, 9.17) is 9.47 Å². The summed E-state index contributed by atoms with van der Waals surface area (Å²) in [6.07, 6.45) is 0. The van der Waals surface area contributed by atoms with E-state index in [-0.39, 0.29) is 11.9 Å². The van der Waals surface area contributed by atoms with Gasteiger partial charge >= 0.3 is 0 Å². The van der Waals surface area contributed by atoms with Crippen LogP contribution in [0.5, 0.6) is 0 Å². The maximum atomic E-state index is 12.3. The Hall–Kier alpha value is -0.690. The van der Waals surface area contributed by atoms with Crippen LogP contribution in [-0.2, 0) is 14.3 Å². The number of amides is 1. The smallest absolute Gasteiger partial charge is 0.241 e. The SMILES string of the molecule is COCCN(CCOC)C(=O)C1CNC(C)CN1. The van der Waals surface area contributed by atoms with E-state index in [1.165, 1.54) is 0 Å². The molecule has 1 rings (SSSR count). The Kier molecular flexibility index (Phi) is 7.19. The summed E-state index contributed by atoms with van der Waals surface area (Å²) < 4.78 is 10.1. The number of carbonyl (C=O) groups is 1. The number of hydrogen-bond donors (Lipinski definition) is 2. The second kappa shape index (κ2) is 8.42. The van der Waals surface area contributed by atoms with Crippen molar-refractivity contribution in [3.63, 3.8) is 0 Å². The first-order valence-corrected chi connectivity index (χ1v) is 6.42. The molecule has 0 aliphatic carbocycles. The van der Waals surface area contributed by atoms with Gasteiger partial charge in [-0.3, -0.25) is 4.79 Å². The normalized spacial score (nSPS) is 23.9. The molecule has 0 aromatic rings. The molecule has 2 unspecified atom stereocenters. The number of piperazine rings is 1. The zero-order valence-electron chi connectivity index (χ0n) is 11.6. The van der Waals surface area contributed by atoms with Crippen molar-refractivity contribution >= 4 is 5.91 Å². The summed E-state index contributed by atoms with van der Waals surface area (Å²) in [5.41, 5.74) is 0. The van der Waals surface area contributed by atoms with Gasteiger partial charge in [-0.1, -0.05) is 0 Å². The first kappa shape index (κ1) is 15.4. The zero-order valence-corrected chi connectivity index (χ0v) is 11.6. The molecule has 0 aromatic carbocycles. The van der Waals surface area contributed by atoms with E-state index in [0.717, 1.165) is 6.54 Å². The van der Waals surface area contributed by atoms with Crippen molar-refractivity contribution in [3.05, 3.63) is 0 Å². The third-order valence-corrected chi connectivity index (χ3v) is 3.08. The van der Waals surface area contributed by atoms with Gasteiger partial charge in [0.2, 0.25) is 5.91 Å². The van der Waals surface area contributed by atoms with E-state index in [2.05, 4.69) is 17.6 Å². The average molecular weight is 259 g/mol. The molecule has 1 amide bonds. The van der Waals surface area contributed by atoms with Crippen molar-refractivity contribution in [1.29, 1.82) is 0 Å². The molecule has 106 valence electrons. The predicted octanol–water partition coefficient (Wildman–Crippen LogP) is -0.942. The minimum atomic E-state index is -0.144. The average Bonchev–Trinajstić information content (AvgIpc) is 2.39. The van der Waals surface area contributed by atoms with Gasteiger partial charge in [0.25, 0.3) is 0 Å². The highest BCUT2D eigenvalue weighted by Gasteiger charge is 2.27. The van der Waals surface area contributed by atoms with Crippen LogP contribution in [0.25, 0.3) is 0 Å². The molecule has 0 spiro atoms. The van der Waals surface area contributed by atoms with Crippen LogP contribution < -0.4 is 10.6 Å². The van der Waals surface area contributed by atoms with Crippen LogP contribution in [-0.4, -0.2) is 76.5 Å². The van der Waals surface area contributed by atoms with Crippen LogP contribution in [0.15, 0.2) is 0 Å². The summed E-state index contributed by atoms with van der Waals surface area (Å²) in [7, 11) is 3.28. The summed E-state index contributed by atoms with van der Waals surface area (Å²) >= 11 is 0. The Balaban J connectivity index is 2.46. The fraction of sp³-hybridized carbons (Fsp3) is 0.917. The number of nitrogens with one attached hydrogen (secondary N) is 2. The largest absolute Gasteiger partial charge is 0.383 e. The molecule has 1 heterocycles. The lowest BCUT2D eigenvalue weighted by molar-refractivity contribution is -0.135. The molecule has 1 aliphatic heterocycles. The van der Waals surface area contributed by atoms with E-state index < -0.39 is 0 Å². The quantitative estimate of drug-likeness (QED) is 0.618. The number of hydrogen-bond acceptors (Lipinski definition) is 5. The minimum Gasteiger partial charge on any atom is -0.383 e. The molecule has 0 bridgehead atoms. The molecule has 2 N–H and O–H groups in total. The minimum absolute atomic E-state index is 0.114. The van der Waals surface area contributed by atoms with Crippen LogP contribution in [0.3, 0.4) is 0 Å². The zero-order chi connectivity index (χ0) is 13.4. The summed E-state index contributed by atoms with van der Waals surface area (Å²) in [5, 5.41) is 6.57. The van der Waals surface area contributed by atoms with E-state index in [0.29, 0.717) is 38.9 Å². The van der Waals surface area contributed by atoms with Crippen molar-refractivity contribution in [3.8, 4) is 0 Å². The van der Waals surface area contributed by atoms with Gasteiger partial charge in [0.15, 0.2) is 0 Å². The summed E-state index contributed by atoms with van der Waals surface area (Å²) in [6.45, 7) is 5.90. The first-order chi connectivity index (χ1) is 8.69. The summed E-state index contributed by atoms with van der Waals surface area (Å²) in [6, 6.07) is 0.273. The van der Waals surface area contributed by atoms with Crippen LogP contribution in [0.1, 0.15) is 6.92 Å². The molecular formula is C12H25N3O3. The van der Waals surface area contributed by atoms with Crippen molar-refractivity contribution < 1.29 is 14.3 Å². The van der Waals surface area contributed by atoms with E-state index in [1.807, 2.05) is 0 Å². The van der Waals surface area contributed by atoms with Crippen molar-refractivity contribution in [2.75, 3.05) is 53.6 Å². The molecular weight excluding hydrogens is 234 g/mol. The lowest BCUT2D eigenvalue weighted by Gasteiger charge is -2.32. The molecule has 0 radical (unpaired) electrons. The van der Waals surface area contributed by atoms with E-state index in [1.54, 1.807) is 19.1 Å². The maximum absolute atomic E-state index is 12.3. The fourth-order valence-electron chi connectivity index (χ4n) is 1.91. The van der Waals surface area contributed by atoms with Gasteiger partial charge in [-0.05, 0) is 6.92 Å². The number of methoxy groups -OCH3 is 2. The van der Waals surface area contributed by atoms with Crippen LogP contribution in [0.4, 0.5) is 0 Å². The predicted molar refractivity (Wildman–Crippen MR) is 69.6 cm³/mol. The molecule has 0 aromatic heterocycles. The second-order valence-electron chi connectivity index (χ2n) is 4.58. The van der Waals surface area contributed by atoms with Gasteiger partial charge in [-0.15, -0.1) is 0 Å². The number of carbonyl (C=O) groups excluding carboxylic acids is 1.